The lowest BCUT2D eigenvalue weighted by Gasteiger charge is -2.22. The van der Waals surface area contributed by atoms with Crippen molar-refractivity contribution in [3.63, 3.8) is 0 Å². The van der Waals surface area contributed by atoms with Gasteiger partial charge in [-0.3, -0.25) is 0 Å². The molecule has 0 saturated carbocycles. The first-order chi connectivity index (χ1) is 7.15. The van der Waals surface area contributed by atoms with Crippen LogP contribution in [0, 0.1) is 0 Å². The van der Waals surface area contributed by atoms with Crippen molar-refractivity contribution < 1.29 is 5.11 Å². The number of benzene rings is 1. The lowest BCUT2D eigenvalue weighted by atomic mass is 10.1. The van der Waals surface area contributed by atoms with Crippen molar-refractivity contribution in [1.29, 1.82) is 0 Å². The van der Waals surface area contributed by atoms with E-state index in [1.165, 1.54) is 0 Å². The predicted molar refractivity (Wildman–Crippen MR) is 63.9 cm³/mol. The smallest absolute Gasteiger partial charge is 0.0528 e. The van der Waals surface area contributed by atoms with Crippen LogP contribution in [-0.2, 0) is 6.54 Å². The van der Waals surface area contributed by atoms with E-state index >= 15 is 0 Å². The zero-order valence-electron chi connectivity index (χ0n) is 9.48. The van der Waals surface area contributed by atoms with Crippen molar-refractivity contribution in [1.82, 2.24) is 0 Å². The first-order valence-corrected chi connectivity index (χ1v) is 5.32. The Labute approximate surface area is 91.5 Å². The SMILES string of the molecule is CC(O)CCN(C)c1ccccc1CN. The van der Waals surface area contributed by atoms with Crippen LogP contribution < -0.4 is 10.6 Å². The number of rotatable bonds is 5. The van der Waals surface area contributed by atoms with Crippen LogP contribution in [0.1, 0.15) is 18.9 Å². The maximum Gasteiger partial charge on any atom is 0.0528 e. The van der Waals surface area contributed by atoms with E-state index in [4.69, 9.17) is 5.73 Å². The van der Waals surface area contributed by atoms with Crippen LogP contribution in [-0.4, -0.2) is 24.8 Å². The van der Waals surface area contributed by atoms with Gasteiger partial charge in [-0.25, -0.2) is 0 Å². The van der Waals surface area contributed by atoms with Crippen LogP contribution >= 0.6 is 0 Å². The molecule has 0 spiro atoms. The fraction of sp³-hybridized carbons (Fsp3) is 0.500. The Kier molecular flexibility index (Phi) is 4.59. The highest BCUT2D eigenvalue weighted by atomic mass is 16.3. The average molecular weight is 208 g/mol. The van der Waals surface area contributed by atoms with E-state index in [9.17, 15) is 5.11 Å². The van der Waals surface area contributed by atoms with Crippen LogP contribution in [0.2, 0.25) is 0 Å². The van der Waals surface area contributed by atoms with Gasteiger partial charge in [0.2, 0.25) is 0 Å². The molecule has 1 aromatic carbocycles. The van der Waals surface area contributed by atoms with Gasteiger partial charge in [0.05, 0.1) is 6.10 Å². The minimum absolute atomic E-state index is 0.252. The summed E-state index contributed by atoms with van der Waals surface area (Å²) in [5.41, 5.74) is 7.97. The highest BCUT2D eigenvalue weighted by Crippen LogP contribution is 2.18. The fourth-order valence-electron chi connectivity index (χ4n) is 1.56. The van der Waals surface area contributed by atoms with Gasteiger partial charge in [0.15, 0.2) is 0 Å². The number of para-hydroxylation sites is 1. The van der Waals surface area contributed by atoms with Crippen LogP contribution in [0.25, 0.3) is 0 Å². The molecule has 0 heterocycles. The maximum atomic E-state index is 9.22. The van der Waals surface area contributed by atoms with Crippen LogP contribution in [0.3, 0.4) is 0 Å². The van der Waals surface area contributed by atoms with E-state index in [-0.39, 0.29) is 6.10 Å². The van der Waals surface area contributed by atoms with Gasteiger partial charge in [0.1, 0.15) is 0 Å². The summed E-state index contributed by atoms with van der Waals surface area (Å²) in [7, 11) is 2.02. The Morgan fingerprint density at radius 1 is 1.40 bits per heavy atom. The molecule has 3 heteroatoms. The molecule has 0 saturated heterocycles. The Bertz CT molecular complexity index is 299. The quantitative estimate of drug-likeness (QED) is 0.768. The number of hydrogen-bond acceptors (Lipinski definition) is 3. The molecule has 0 radical (unpaired) electrons. The Morgan fingerprint density at radius 2 is 2.07 bits per heavy atom. The van der Waals surface area contributed by atoms with Gasteiger partial charge < -0.3 is 15.7 Å². The molecule has 0 amide bonds. The van der Waals surface area contributed by atoms with Gasteiger partial charge in [-0.1, -0.05) is 18.2 Å². The summed E-state index contributed by atoms with van der Waals surface area (Å²) in [4.78, 5) is 2.13. The van der Waals surface area contributed by atoms with E-state index in [1.807, 2.05) is 32.2 Å². The molecule has 84 valence electrons. The Balaban J connectivity index is 2.68. The number of nitrogens with zero attached hydrogens (tertiary/aromatic N) is 1. The van der Waals surface area contributed by atoms with E-state index in [1.54, 1.807) is 0 Å². The largest absolute Gasteiger partial charge is 0.393 e. The number of nitrogens with two attached hydrogens (primary N) is 1. The van der Waals surface area contributed by atoms with Crippen LogP contribution in [0.15, 0.2) is 24.3 Å². The molecule has 1 rings (SSSR count). The number of anilines is 1. The van der Waals surface area contributed by atoms with Gasteiger partial charge in [0, 0.05) is 25.8 Å². The molecule has 3 N–H and O–H groups in total. The predicted octanol–water partition coefficient (Wildman–Crippen LogP) is 1.35. The first-order valence-electron chi connectivity index (χ1n) is 5.32. The van der Waals surface area contributed by atoms with Crippen LogP contribution in [0.5, 0.6) is 0 Å². The van der Waals surface area contributed by atoms with Crippen molar-refractivity contribution in [2.75, 3.05) is 18.5 Å². The second-order valence-corrected chi connectivity index (χ2v) is 3.89. The summed E-state index contributed by atoms with van der Waals surface area (Å²) >= 11 is 0. The van der Waals surface area contributed by atoms with Crippen molar-refractivity contribution >= 4 is 5.69 Å². The summed E-state index contributed by atoms with van der Waals surface area (Å²) in [5.74, 6) is 0. The standard InChI is InChI=1S/C12H20N2O/c1-10(15)7-8-14(2)12-6-4-3-5-11(12)9-13/h3-6,10,15H,7-9,13H2,1-2H3. The minimum atomic E-state index is -0.252. The molecule has 15 heavy (non-hydrogen) atoms. The van der Waals surface area contributed by atoms with Gasteiger partial charge in [-0.15, -0.1) is 0 Å². The molecule has 1 aromatic rings. The van der Waals surface area contributed by atoms with Gasteiger partial charge >= 0.3 is 0 Å². The van der Waals surface area contributed by atoms with Crippen molar-refractivity contribution in [2.45, 2.75) is 26.0 Å². The Hall–Kier alpha value is -1.06. The van der Waals surface area contributed by atoms with Gasteiger partial charge in [-0.2, -0.15) is 0 Å². The van der Waals surface area contributed by atoms with E-state index in [2.05, 4.69) is 11.0 Å². The second-order valence-electron chi connectivity index (χ2n) is 3.89. The fourth-order valence-corrected chi connectivity index (χ4v) is 1.56. The molecular formula is C12H20N2O. The number of hydrogen-bond donors (Lipinski definition) is 2. The zero-order valence-corrected chi connectivity index (χ0v) is 9.48. The van der Waals surface area contributed by atoms with Crippen molar-refractivity contribution in [3.8, 4) is 0 Å². The van der Waals surface area contributed by atoms with Crippen molar-refractivity contribution in [2.24, 2.45) is 5.73 Å². The summed E-state index contributed by atoms with van der Waals surface area (Å²) < 4.78 is 0. The topological polar surface area (TPSA) is 49.5 Å². The number of aliphatic hydroxyl groups excluding tert-OH is 1. The van der Waals surface area contributed by atoms with Crippen LogP contribution in [0.4, 0.5) is 5.69 Å². The molecule has 0 bridgehead atoms. The molecule has 0 aromatic heterocycles. The monoisotopic (exact) mass is 208 g/mol. The maximum absolute atomic E-state index is 9.22. The molecule has 0 fully saturated rings. The lowest BCUT2D eigenvalue weighted by molar-refractivity contribution is 0.187. The molecular weight excluding hydrogens is 188 g/mol. The molecule has 0 aliphatic carbocycles. The average Bonchev–Trinajstić information content (AvgIpc) is 2.25. The molecule has 0 aliphatic heterocycles. The summed E-state index contributed by atoms with van der Waals surface area (Å²) in [6.07, 6.45) is 0.521. The van der Waals surface area contributed by atoms with Crippen molar-refractivity contribution in [3.05, 3.63) is 29.8 Å². The highest BCUT2D eigenvalue weighted by Gasteiger charge is 2.06. The second kappa shape index (κ2) is 5.73. The molecule has 1 atom stereocenters. The Morgan fingerprint density at radius 3 is 2.67 bits per heavy atom. The summed E-state index contributed by atoms with van der Waals surface area (Å²) in [6, 6.07) is 8.10. The van der Waals surface area contributed by atoms with E-state index in [0.29, 0.717) is 6.54 Å². The summed E-state index contributed by atoms with van der Waals surface area (Å²) in [6.45, 7) is 3.20. The minimum Gasteiger partial charge on any atom is -0.393 e. The summed E-state index contributed by atoms with van der Waals surface area (Å²) in [5, 5.41) is 9.22. The van der Waals surface area contributed by atoms with E-state index in [0.717, 1.165) is 24.2 Å². The molecule has 3 nitrogen and oxygen atoms in total. The third-order valence-corrected chi connectivity index (χ3v) is 2.51. The third-order valence-electron chi connectivity index (χ3n) is 2.51. The highest BCUT2D eigenvalue weighted by molar-refractivity contribution is 5.52. The number of aliphatic hydroxyl groups is 1. The third kappa shape index (κ3) is 3.53. The van der Waals surface area contributed by atoms with Gasteiger partial charge in [0.25, 0.3) is 0 Å². The van der Waals surface area contributed by atoms with E-state index < -0.39 is 0 Å². The first kappa shape index (κ1) is 12.0. The lowest BCUT2D eigenvalue weighted by Crippen LogP contribution is -2.23. The van der Waals surface area contributed by atoms with Gasteiger partial charge in [-0.05, 0) is 25.0 Å². The molecule has 0 aliphatic rings. The normalized spacial score (nSPS) is 12.5. The molecule has 1 unspecified atom stereocenters. The zero-order chi connectivity index (χ0) is 11.3.